The molecule has 1 unspecified atom stereocenters. The van der Waals surface area contributed by atoms with E-state index in [1.807, 2.05) is 30.5 Å². The molecule has 1 fully saturated rings. The van der Waals surface area contributed by atoms with Crippen LogP contribution in [0.4, 0.5) is 5.82 Å². The average Bonchev–Trinajstić information content (AvgIpc) is 3.36. The van der Waals surface area contributed by atoms with Gasteiger partial charge in [0.15, 0.2) is 5.96 Å². The van der Waals surface area contributed by atoms with E-state index in [1.165, 1.54) is 12.0 Å². The van der Waals surface area contributed by atoms with Crippen molar-refractivity contribution in [3.8, 4) is 0 Å². The van der Waals surface area contributed by atoms with E-state index in [4.69, 9.17) is 11.6 Å². The van der Waals surface area contributed by atoms with Crippen molar-refractivity contribution >= 4 is 34.7 Å². The smallest absolute Gasteiger partial charge is 0.191 e. The number of rotatable bonds is 5. The maximum absolute atomic E-state index is 6.29. The molecule has 0 saturated carbocycles. The van der Waals surface area contributed by atoms with Gasteiger partial charge in [-0.15, -0.1) is 11.3 Å². The average molecular weight is 419 g/mol. The van der Waals surface area contributed by atoms with Crippen LogP contribution in [-0.2, 0) is 13.0 Å². The van der Waals surface area contributed by atoms with E-state index in [1.54, 1.807) is 11.1 Å². The van der Waals surface area contributed by atoms with Crippen molar-refractivity contribution in [2.24, 2.45) is 4.99 Å². The van der Waals surface area contributed by atoms with Crippen LogP contribution in [0.5, 0.6) is 0 Å². The molecule has 0 amide bonds. The summed E-state index contributed by atoms with van der Waals surface area (Å²) in [6, 6.07) is 6.36. The van der Waals surface area contributed by atoms with Crippen LogP contribution in [0.3, 0.4) is 0 Å². The summed E-state index contributed by atoms with van der Waals surface area (Å²) in [4.78, 5) is 15.1. The number of nitrogens with one attached hydrogen (secondary N) is 2. The Morgan fingerprint density at radius 1 is 1.39 bits per heavy atom. The molecule has 4 rings (SSSR count). The molecule has 28 heavy (non-hydrogen) atoms. The summed E-state index contributed by atoms with van der Waals surface area (Å²) in [6.45, 7) is 5.95. The van der Waals surface area contributed by atoms with Crippen LogP contribution >= 0.6 is 22.9 Å². The van der Waals surface area contributed by atoms with Gasteiger partial charge in [-0.05, 0) is 42.0 Å². The molecule has 0 spiro atoms. The summed E-state index contributed by atoms with van der Waals surface area (Å²) in [6.07, 6.45) is 4.01. The summed E-state index contributed by atoms with van der Waals surface area (Å²) >= 11 is 8.18. The molecule has 1 saturated heterocycles. The highest BCUT2D eigenvalue weighted by Crippen LogP contribution is 2.26. The van der Waals surface area contributed by atoms with E-state index in [0.717, 1.165) is 57.5 Å². The van der Waals surface area contributed by atoms with Crippen LogP contribution in [0, 0.1) is 0 Å². The lowest BCUT2D eigenvalue weighted by molar-refractivity contribution is 0.260. The fourth-order valence-electron chi connectivity index (χ4n) is 3.90. The van der Waals surface area contributed by atoms with Crippen molar-refractivity contribution in [1.29, 1.82) is 0 Å². The summed E-state index contributed by atoms with van der Waals surface area (Å²) in [5.74, 6) is 1.74. The van der Waals surface area contributed by atoms with Crippen molar-refractivity contribution in [1.82, 2.24) is 20.5 Å². The highest BCUT2D eigenvalue weighted by atomic mass is 35.5. The molecule has 8 heteroatoms. The summed E-state index contributed by atoms with van der Waals surface area (Å²) < 4.78 is 0. The maximum atomic E-state index is 6.29. The fraction of sp³-hybridized carbons (Fsp3) is 0.500. The van der Waals surface area contributed by atoms with E-state index >= 15 is 0 Å². The predicted molar refractivity (Wildman–Crippen MR) is 118 cm³/mol. The second-order valence-corrected chi connectivity index (χ2v) is 8.69. The lowest BCUT2D eigenvalue weighted by Crippen LogP contribution is -2.47. The van der Waals surface area contributed by atoms with E-state index in [0.29, 0.717) is 11.1 Å². The molecular formula is C20H27ClN6S. The molecule has 2 aromatic rings. The Kier molecular flexibility index (Phi) is 6.34. The van der Waals surface area contributed by atoms with Gasteiger partial charge in [0.2, 0.25) is 0 Å². The van der Waals surface area contributed by atoms with Gasteiger partial charge in [0.1, 0.15) is 5.82 Å². The van der Waals surface area contributed by atoms with Crippen molar-refractivity contribution < 1.29 is 0 Å². The zero-order valence-corrected chi connectivity index (χ0v) is 17.8. The van der Waals surface area contributed by atoms with Gasteiger partial charge in [-0.3, -0.25) is 9.89 Å². The van der Waals surface area contributed by atoms with Gasteiger partial charge in [0.05, 0.1) is 5.02 Å². The third-order valence-corrected chi connectivity index (χ3v) is 6.72. The van der Waals surface area contributed by atoms with Gasteiger partial charge in [-0.2, -0.15) is 0 Å². The van der Waals surface area contributed by atoms with Gasteiger partial charge < -0.3 is 15.5 Å². The summed E-state index contributed by atoms with van der Waals surface area (Å²) in [7, 11) is 1.83. The zero-order chi connectivity index (χ0) is 19.3. The number of hydrogen-bond donors (Lipinski definition) is 2. The summed E-state index contributed by atoms with van der Waals surface area (Å²) in [5, 5.41) is 9.93. The number of guanidine groups is 1. The third-order valence-electron chi connectivity index (χ3n) is 5.40. The highest BCUT2D eigenvalue weighted by Gasteiger charge is 2.25. The number of aromatic nitrogens is 1. The van der Waals surface area contributed by atoms with Crippen LogP contribution in [-0.4, -0.2) is 61.7 Å². The maximum Gasteiger partial charge on any atom is 0.191 e. The van der Waals surface area contributed by atoms with Gasteiger partial charge in [0, 0.05) is 63.4 Å². The van der Waals surface area contributed by atoms with Crippen molar-refractivity contribution in [3.63, 3.8) is 0 Å². The van der Waals surface area contributed by atoms with E-state index in [-0.39, 0.29) is 0 Å². The van der Waals surface area contributed by atoms with Crippen molar-refractivity contribution in [2.45, 2.75) is 25.4 Å². The number of aliphatic imine (C=N–C) groups is 1. The highest BCUT2D eigenvalue weighted by molar-refractivity contribution is 7.10. The molecule has 2 aliphatic heterocycles. The lowest BCUT2D eigenvalue weighted by atomic mass is 10.1. The van der Waals surface area contributed by atoms with Gasteiger partial charge in [-0.1, -0.05) is 11.6 Å². The number of fused-ring (bicyclic) bond motifs is 1. The number of pyridine rings is 1. The number of thiophene rings is 1. The molecule has 6 nitrogen and oxygen atoms in total. The largest absolute Gasteiger partial charge is 0.355 e. The van der Waals surface area contributed by atoms with Gasteiger partial charge >= 0.3 is 0 Å². The second-order valence-electron chi connectivity index (χ2n) is 7.28. The molecule has 2 aliphatic rings. The Labute approximate surface area is 175 Å². The first-order valence-corrected chi connectivity index (χ1v) is 11.1. The topological polar surface area (TPSA) is 55.8 Å². The third kappa shape index (κ3) is 4.59. The van der Waals surface area contributed by atoms with E-state index in [9.17, 15) is 0 Å². The number of nitrogens with zero attached hydrogens (tertiary/aromatic N) is 4. The molecule has 1 atom stereocenters. The Morgan fingerprint density at radius 2 is 2.32 bits per heavy atom. The van der Waals surface area contributed by atoms with Crippen LogP contribution < -0.4 is 15.5 Å². The molecule has 2 N–H and O–H groups in total. The molecular weight excluding hydrogens is 392 g/mol. The van der Waals surface area contributed by atoms with Crippen LogP contribution in [0.1, 0.15) is 16.9 Å². The molecule has 2 aromatic heterocycles. The van der Waals surface area contributed by atoms with Crippen LogP contribution in [0.15, 0.2) is 34.8 Å². The Hall–Kier alpha value is -1.83. The van der Waals surface area contributed by atoms with Crippen LogP contribution in [0.2, 0.25) is 5.02 Å². The second kappa shape index (κ2) is 9.11. The summed E-state index contributed by atoms with van der Waals surface area (Å²) in [5.41, 5.74) is 1.50. The minimum absolute atomic E-state index is 0.340. The Balaban J connectivity index is 1.22. The molecule has 4 heterocycles. The monoisotopic (exact) mass is 418 g/mol. The van der Waals surface area contributed by atoms with Crippen molar-refractivity contribution in [3.05, 3.63) is 45.2 Å². The fourth-order valence-corrected chi connectivity index (χ4v) is 5.03. The predicted octanol–water partition coefficient (Wildman–Crippen LogP) is 2.60. The quantitative estimate of drug-likeness (QED) is 0.577. The molecule has 0 bridgehead atoms. The van der Waals surface area contributed by atoms with Gasteiger partial charge in [0.25, 0.3) is 0 Å². The first-order valence-electron chi connectivity index (χ1n) is 9.83. The first kappa shape index (κ1) is 19.5. The van der Waals surface area contributed by atoms with Crippen LogP contribution in [0.25, 0.3) is 0 Å². The molecule has 0 aliphatic carbocycles. The molecule has 150 valence electrons. The number of halogens is 1. The normalized spacial score (nSPS) is 20.3. The Morgan fingerprint density at radius 3 is 3.18 bits per heavy atom. The van der Waals surface area contributed by atoms with Crippen molar-refractivity contribution in [2.75, 3.05) is 44.7 Å². The van der Waals surface area contributed by atoms with Gasteiger partial charge in [-0.25, -0.2) is 4.98 Å². The Bertz CT molecular complexity index is 823. The van der Waals surface area contributed by atoms with E-state index < -0.39 is 0 Å². The SMILES string of the molecule is CN=C(NCCN1CCc2sccc2C1)NC1CCN(c2ncccc2Cl)C1. The number of hydrogen-bond acceptors (Lipinski definition) is 5. The zero-order valence-electron chi connectivity index (χ0n) is 16.2. The number of anilines is 1. The van der Waals surface area contributed by atoms with E-state index in [2.05, 4.69) is 41.9 Å². The first-order chi connectivity index (χ1) is 13.7. The lowest BCUT2D eigenvalue weighted by Gasteiger charge is -2.27. The molecule has 0 radical (unpaired) electrons. The molecule has 0 aromatic carbocycles. The standard InChI is InChI=1S/C20H27ClN6S/c1-22-20(24-8-11-26-9-5-18-15(13-26)6-12-28-18)25-16-4-10-27(14-16)19-17(21)3-2-7-23-19/h2-3,6-7,12,16H,4-5,8-11,13-14H2,1H3,(H2,22,24,25). The minimum atomic E-state index is 0.340. The minimum Gasteiger partial charge on any atom is -0.355 e.